The number of nitrogens with zero attached hydrogens (tertiary/aromatic N) is 4. The van der Waals surface area contributed by atoms with Crippen LogP contribution in [0.5, 0.6) is 0 Å². The van der Waals surface area contributed by atoms with Gasteiger partial charge in [-0.25, -0.2) is 0 Å². The summed E-state index contributed by atoms with van der Waals surface area (Å²) in [4.78, 5) is 27.2. The highest BCUT2D eigenvalue weighted by molar-refractivity contribution is 7.99. The van der Waals surface area contributed by atoms with Crippen molar-refractivity contribution in [3.63, 3.8) is 0 Å². The maximum absolute atomic E-state index is 13.4. The number of hydrogen-bond donors (Lipinski definition) is 0. The van der Waals surface area contributed by atoms with Gasteiger partial charge in [-0.1, -0.05) is 42.5 Å². The minimum Gasteiger partial charge on any atom is -0.301 e. The van der Waals surface area contributed by atoms with Crippen molar-refractivity contribution in [2.75, 3.05) is 10.7 Å². The zero-order valence-corrected chi connectivity index (χ0v) is 16.9. The highest BCUT2D eigenvalue weighted by Gasteiger charge is 2.33. The molecule has 1 aliphatic heterocycles. The number of rotatable bonds is 4. The molecule has 29 heavy (non-hydrogen) atoms. The van der Waals surface area contributed by atoms with Crippen molar-refractivity contribution in [1.29, 1.82) is 0 Å². The number of anilines is 1. The minimum atomic E-state index is -0.446. The Kier molecular flexibility index (Phi) is 5.10. The van der Waals surface area contributed by atoms with Gasteiger partial charge in [-0.2, -0.15) is 5.10 Å². The number of hydrogen-bond acceptors (Lipinski definition) is 5. The van der Waals surface area contributed by atoms with Crippen molar-refractivity contribution >= 4 is 29.0 Å². The lowest BCUT2D eigenvalue weighted by Gasteiger charge is -2.37. The predicted octanol–water partition coefficient (Wildman–Crippen LogP) is 4.29. The Bertz CT molecular complexity index is 1080. The molecule has 0 radical (unpaired) electrons. The third-order valence-corrected chi connectivity index (χ3v) is 6.24. The van der Waals surface area contributed by atoms with Crippen LogP contribution < -0.4 is 4.90 Å². The average Bonchev–Trinajstić information content (AvgIpc) is 3.00. The molecule has 1 atom stereocenters. The van der Waals surface area contributed by atoms with E-state index >= 15 is 0 Å². The molecule has 0 saturated carbocycles. The molecule has 0 fully saturated rings. The van der Waals surface area contributed by atoms with Crippen LogP contribution >= 0.6 is 11.8 Å². The lowest BCUT2D eigenvalue weighted by atomic mass is 10.1. The molecular weight excluding hydrogens is 388 g/mol. The summed E-state index contributed by atoms with van der Waals surface area (Å²) in [6.07, 6.45) is 0. The molecule has 2 aromatic carbocycles. The van der Waals surface area contributed by atoms with Crippen molar-refractivity contribution in [3.8, 4) is 0 Å². The molecule has 8 heteroatoms. The fourth-order valence-electron chi connectivity index (χ4n) is 3.73. The molecule has 3 aromatic rings. The highest BCUT2D eigenvalue weighted by Crippen LogP contribution is 2.43. The Morgan fingerprint density at radius 2 is 1.86 bits per heavy atom. The summed E-state index contributed by atoms with van der Waals surface area (Å²) in [6.45, 7) is 3.16. The fourth-order valence-corrected chi connectivity index (χ4v) is 4.90. The summed E-state index contributed by atoms with van der Waals surface area (Å²) < 4.78 is 1.43. The lowest BCUT2D eigenvalue weighted by Crippen LogP contribution is -2.40. The van der Waals surface area contributed by atoms with Gasteiger partial charge in [0.1, 0.15) is 17.9 Å². The number of para-hydroxylation sites is 1. The first kappa shape index (κ1) is 19.2. The van der Waals surface area contributed by atoms with Crippen molar-refractivity contribution in [3.05, 3.63) is 81.7 Å². The number of amides is 1. The van der Waals surface area contributed by atoms with E-state index in [2.05, 4.69) is 5.10 Å². The molecule has 4 rings (SSSR count). The fraction of sp³-hybridized carbons (Fsp3) is 0.238. The normalized spacial score (nSPS) is 15.8. The number of carbonyl (C=O) groups excluding carboxylic acids is 1. The molecular formula is C21H20N4O3S. The van der Waals surface area contributed by atoms with E-state index in [1.165, 1.54) is 4.68 Å². The molecule has 1 aliphatic rings. The number of aryl methyl sites for hydroxylation is 1. The van der Waals surface area contributed by atoms with Crippen molar-refractivity contribution in [2.24, 2.45) is 0 Å². The van der Waals surface area contributed by atoms with E-state index in [1.807, 2.05) is 59.5 Å². The van der Waals surface area contributed by atoms with E-state index in [4.69, 9.17) is 0 Å². The van der Waals surface area contributed by atoms with Crippen molar-refractivity contribution in [2.45, 2.75) is 31.3 Å². The monoisotopic (exact) mass is 408 g/mol. The van der Waals surface area contributed by atoms with E-state index in [0.29, 0.717) is 11.4 Å². The summed E-state index contributed by atoms with van der Waals surface area (Å²) in [5.74, 6) is 0.594. The third kappa shape index (κ3) is 3.51. The summed E-state index contributed by atoms with van der Waals surface area (Å²) in [7, 11) is 0. The number of thioether (sulfide) groups is 1. The van der Waals surface area contributed by atoms with Gasteiger partial charge >= 0.3 is 5.69 Å². The molecule has 0 unspecified atom stereocenters. The zero-order chi connectivity index (χ0) is 20.5. The number of nitro groups is 1. The van der Waals surface area contributed by atoms with Crippen LogP contribution in [-0.2, 0) is 11.3 Å². The first-order chi connectivity index (χ1) is 14.0. The van der Waals surface area contributed by atoms with Gasteiger partial charge in [-0.3, -0.25) is 19.6 Å². The Morgan fingerprint density at radius 1 is 1.17 bits per heavy atom. The van der Waals surface area contributed by atoms with Gasteiger partial charge in [0, 0.05) is 10.6 Å². The van der Waals surface area contributed by atoms with Gasteiger partial charge in [0.2, 0.25) is 5.91 Å². The number of fused-ring (bicyclic) bond motifs is 1. The molecule has 1 aromatic heterocycles. The highest BCUT2D eigenvalue weighted by atomic mass is 32.2. The molecule has 0 N–H and O–H groups in total. The van der Waals surface area contributed by atoms with Gasteiger partial charge < -0.3 is 4.90 Å². The van der Waals surface area contributed by atoms with Crippen LogP contribution in [-0.4, -0.2) is 26.4 Å². The second-order valence-electron chi connectivity index (χ2n) is 6.90. The smallest absolute Gasteiger partial charge is 0.301 e. The maximum Gasteiger partial charge on any atom is 0.312 e. The zero-order valence-electron chi connectivity index (χ0n) is 16.1. The quantitative estimate of drug-likeness (QED) is 0.475. The molecule has 0 bridgehead atoms. The Labute approximate surface area is 172 Å². The second-order valence-corrected chi connectivity index (χ2v) is 7.96. The molecule has 1 amide bonds. The van der Waals surface area contributed by atoms with Crippen molar-refractivity contribution in [1.82, 2.24) is 9.78 Å². The van der Waals surface area contributed by atoms with Crippen LogP contribution in [0.3, 0.4) is 0 Å². The SMILES string of the molecule is Cc1nn(CC(=O)N2c3ccccc3SC[C@H]2c2ccccc2)c(C)c1[N+](=O)[O-]. The van der Waals surface area contributed by atoms with E-state index in [-0.39, 0.29) is 24.2 Å². The summed E-state index contributed by atoms with van der Waals surface area (Å²) in [5.41, 5.74) is 2.58. The van der Waals surface area contributed by atoms with Gasteiger partial charge in [0.15, 0.2) is 0 Å². The van der Waals surface area contributed by atoms with Gasteiger partial charge in [-0.15, -0.1) is 11.8 Å². The Hall–Kier alpha value is -3.13. The first-order valence-corrected chi connectivity index (χ1v) is 10.2. The Morgan fingerprint density at radius 3 is 2.55 bits per heavy atom. The molecule has 2 heterocycles. The molecule has 0 spiro atoms. The minimum absolute atomic E-state index is 0.0352. The van der Waals surface area contributed by atoms with Gasteiger partial charge in [0.05, 0.1) is 16.7 Å². The number of carbonyl (C=O) groups is 1. The molecule has 0 saturated heterocycles. The van der Waals surface area contributed by atoms with E-state index in [9.17, 15) is 14.9 Å². The maximum atomic E-state index is 13.4. The molecule has 148 valence electrons. The molecule has 0 aliphatic carbocycles. The van der Waals surface area contributed by atoms with Crippen LogP contribution in [0.4, 0.5) is 11.4 Å². The third-order valence-electron chi connectivity index (χ3n) is 5.10. The number of benzene rings is 2. The van der Waals surface area contributed by atoms with Crippen LogP contribution in [0.15, 0.2) is 59.5 Å². The Balaban J connectivity index is 1.72. The second kappa shape index (κ2) is 7.71. The predicted molar refractivity (Wildman–Crippen MR) is 112 cm³/mol. The summed E-state index contributed by atoms with van der Waals surface area (Å²) >= 11 is 1.73. The van der Waals surface area contributed by atoms with Crippen molar-refractivity contribution < 1.29 is 9.72 Å². The average molecular weight is 408 g/mol. The first-order valence-electron chi connectivity index (χ1n) is 9.24. The van der Waals surface area contributed by atoms with E-state index in [0.717, 1.165) is 21.9 Å². The molecule has 7 nitrogen and oxygen atoms in total. The lowest BCUT2D eigenvalue weighted by molar-refractivity contribution is -0.386. The van der Waals surface area contributed by atoms with E-state index < -0.39 is 4.92 Å². The topological polar surface area (TPSA) is 81.3 Å². The summed E-state index contributed by atoms with van der Waals surface area (Å²) in [6, 6.07) is 17.6. The van der Waals surface area contributed by atoms with Crippen LogP contribution in [0.25, 0.3) is 0 Å². The van der Waals surface area contributed by atoms with Crippen LogP contribution in [0.2, 0.25) is 0 Å². The summed E-state index contributed by atoms with van der Waals surface area (Å²) in [5, 5.41) is 15.5. The largest absolute Gasteiger partial charge is 0.312 e. The standard InChI is InChI=1S/C21H20N4O3S/c1-14-21(25(27)28)15(2)23(22-14)12-20(26)24-17-10-6-7-11-19(17)29-13-18(24)16-8-4-3-5-9-16/h3-11,18H,12-13H2,1-2H3/t18-/m0/s1. The van der Waals surface area contributed by atoms with Gasteiger partial charge in [0.25, 0.3) is 0 Å². The van der Waals surface area contributed by atoms with Crippen LogP contribution in [0.1, 0.15) is 23.0 Å². The number of aromatic nitrogens is 2. The van der Waals surface area contributed by atoms with Crippen LogP contribution in [0, 0.1) is 24.0 Å². The van der Waals surface area contributed by atoms with Gasteiger partial charge in [-0.05, 0) is 31.5 Å². The van der Waals surface area contributed by atoms with E-state index in [1.54, 1.807) is 25.6 Å².